The molecule has 1 aromatic rings. The molecule has 1 fully saturated rings. The Morgan fingerprint density at radius 3 is 3.00 bits per heavy atom. The molecule has 0 saturated carbocycles. The van der Waals surface area contributed by atoms with Gasteiger partial charge in [0.25, 0.3) is 0 Å². The Kier molecular flexibility index (Phi) is 4.14. The van der Waals surface area contributed by atoms with E-state index in [0.29, 0.717) is 6.61 Å². The third-order valence-corrected chi connectivity index (χ3v) is 3.14. The fourth-order valence-electron chi connectivity index (χ4n) is 2.19. The minimum absolute atomic E-state index is 0.0897. The molecule has 8 heteroatoms. The molecule has 1 amide bonds. The Bertz CT molecular complexity index is 537. The van der Waals surface area contributed by atoms with Crippen molar-refractivity contribution in [2.24, 2.45) is 0 Å². The lowest BCUT2D eigenvalue weighted by Crippen LogP contribution is -2.53. The van der Waals surface area contributed by atoms with Gasteiger partial charge in [-0.1, -0.05) is 6.07 Å². The lowest BCUT2D eigenvalue weighted by atomic mass is 10.1. The van der Waals surface area contributed by atoms with E-state index in [9.17, 15) is 19.3 Å². The van der Waals surface area contributed by atoms with Crippen molar-refractivity contribution in [1.29, 1.82) is 0 Å². The van der Waals surface area contributed by atoms with Crippen LogP contribution < -0.4 is 10.2 Å². The lowest BCUT2D eigenvalue weighted by molar-refractivity contribution is -0.386. The molecule has 1 atom stereocenters. The summed E-state index contributed by atoms with van der Waals surface area (Å²) in [5.74, 6) is -1.25. The second-order valence-corrected chi connectivity index (χ2v) is 4.26. The normalized spacial score (nSPS) is 18.7. The van der Waals surface area contributed by atoms with Crippen molar-refractivity contribution in [2.45, 2.75) is 6.04 Å². The molecule has 0 spiro atoms. The van der Waals surface area contributed by atoms with Gasteiger partial charge in [0, 0.05) is 13.6 Å². The number of hydrogen-bond donors (Lipinski definition) is 1. The summed E-state index contributed by atoms with van der Waals surface area (Å²) >= 11 is 0. The average molecular weight is 283 g/mol. The van der Waals surface area contributed by atoms with Gasteiger partial charge in [0.1, 0.15) is 11.7 Å². The van der Waals surface area contributed by atoms with Crippen molar-refractivity contribution < 1.29 is 18.8 Å². The summed E-state index contributed by atoms with van der Waals surface area (Å²) in [5, 5.41) is 13.5. The molecule has 1 aromatic carbocycles. The van der Waals surface area contributed by atoms with Crippen molar-refractivity contribution >= 4 is 17.3 Å². The number of carbonyl (C=O) groups is 1. The van der Waals surface area contributed by atoms with Crippen LogP contribution in [0.2, 0.25) is 0 Å². The number of rotatable bonds is 3. The zero-order chi connectivity index (χ0) is 14.7. The molecule has 0 aromatic heterocycles. The number of benzene rings is 1. The van der Waals surface area contributed by atoms with Crippen LogP contribution in [0.5, 0.6) is 0 Å². The maximum atomic E-state index is 13.7. The predicted octanol–water partition coefficient (Wildman–Crippen LogP) is 0.685. The predicted molar refractivity (Wildman–Crippen MR) is 69.1 cm³/mol. The van der Waals surface area contributed by atoms with Gasteiger partial charge in [-0.25, -0.2) is 0 Å². The van der Waals surface area contributed by atoms with E-state index in [0.717, 1.165) is 6.07 Å². The number of nitro benzene ring substituents is 1. The maximum absolute atomic E-state index is 13.7. The molecule has 2 rings (SSSR count). The largest absolute Gasteiger partial charge is 0.377 e. The highest BCUT2D eigenvalue weighted by Crippen LogP contribution is 2.32. The van der Waals surface area contributed by atoms with E-state index >= 15 is 0 Å². The molecule has 1 aliphatic heterocycles. The molecule has 108 valence electrons. The van der Waals surface area contributed by atoms with Crippen LogP contribution in [0.25, 0.3) is 0 Å². The number of nitrogens with one attached hydrogen (secondary N) is 1. The highest BCUT2D eigenvalue weighted by molar-refractivity contribution is 5.86. The zero-order valence-corrected chi connectivity index (χ0v) is 10.8. The number of carbonyl (C=O) groups excluding carboxylic acids is 1. The van der Waals surface area contributed by atoms with Crippen molar-refractivity contribution in [3.05, 3.63) is 34.1 Å². The van der Waals surface area contributed by atoms with Crippen LogP contribution in [-0.4, -0.2) is 43.7 Å². The molecule has 0 aliphatic carbocycles. The molecular formula is C12H14FN3O4. The van der Waals surface area contributed by atoms with Gasteiger partial charge in [0.15, 0.2) is 0 Å². The van der Waals surface area contributed by atoms with E-state index in [1.165, 1.54) is 24.1 Å². The first-order chi connectivity index (χ1) is 9.56. The first-order valence-corrected chi connectivity index (χ1v) is 6.05. The smallest absolute Gasteiger partial charge is 0.327 e. The van der Waals surface area contributed by atoms with E-state index in [2.05, 4.69) is 5.32 Å². The first kappa shape index (κ1) is 14.2. The van der Waals surface area contributed by atoms with Crippen LogP contribution in [0.15, 0.2) is 18.2 Å². The van der Waals surface area contributed by atoms with Gasteiger partial charge < -0.3 is 15.0 Å². The zero-order valence-electron chi connectivity index (χ0n) is 10.8. The lowest BCUT2D eigenvalue weighted by Gasteiger charge is -2.35. The summed E-state index contributed by atoms with van der Waals surface area (Å²) in [4.78, 5) is 23.6. The number of morpholine rings is 1. The SMILES string of the molecule is CNC(=O)C1COCCN1c1cccc(F)c1[N+](=O)[O-]. The van der Waals surface area contributed by atoms with E-state index in [4.69, 9.17) is 4.74 Å². The number of anilines is 1. The fourth-order valence-corrected chi connectivity index (χ4v) is 2.19. The number of amides is 1. The van der Waals surface area contributed by atoms with E-state index in [-0.39, 0.29) is 24.7 Å². The minimum Gasteiger partial charge on any atom is -0.377 e. The van der Waals surface area contributed by atoms with Crippen LogP contribution in [0, 0.1) is 15.9 Å². The number of hydrogen-bond acceptors (Lipinski definition) is 5. The van der Waals surface area contributed by atoms with E-state index in [1.807, 2.05) is 0 Å². The average Bonchev–Trinajstić information content (AvgIpc) is 2.45. The van der Waals surface area contributed by atoms with Crippen LogP contribution in [0.4, 0.5) is 15.8 Å². The van der Waals surface area contributed by atoms with Gasteiger partial charge in [-0.15, -0.1) is 0 Å². The highest BCUT2D eigenvalue weighted by atomic mass is 19.1. The molecule has 1 N–H and O–H groups in total. The molecule has 1 saturated heterocycles. The molecule has 0 bridgehead atoms. The molecule has 20 heavy (non-hydrogen) atoms. The number of para-hydroxylation sites is 1. The van der Waals surface area contributed by atoms with Gasteiger partial charge in [0.2, 0.25) is 11.7 Å². The van der Waals surface area contributed by atoms with Crippen molar-refractivity contribution in [3.63, 3.8) is 0 Å². The third-order valence-electron chi connectivity index (χ3n) is 3.14. The molecule has 0 radical (unpaired) electrons. The van der Waals surface area contributed by atoms with Crippen LogP contribution in [0.1, 0.15) is 0 Å². The third kappa shape index (κ3) is 2.55. The van der Waals surface area contributed by atoms with Crippen LogP contribution in [-0.2, 0) is 9.53 Å². The molecule has 1 heterocycles. The van der Waals surface area contributed by atoms with Gasteiger partial charge in [0.05, 0.1) is 18.1 Å². The van der Waals surface area contributed by atoms with Crippen molar-refractivity contribution in [3.8, 4) is 0 Å². The van der Waals surface area contributed by atoms with Crippen molar-refractivity contribution in [1.82, 2.24) is 5.32 Å². The van der Waals surface area contributed by atoms with E-state index < -0.39 is 22.5 Å². The van der Waals surface area contributed by atoms with Gasteiger partial charge in [-0.3, -0.25) is 14.9 Å². The second-order valence-electron chi connectivity index (χ2n) is 4.26. The summed E-state index contributed by atoms with van der Waals surface area (Å²) in [5.41, 5.74) is -0.532. The minimum atomic E-state index is -0.922. The van der Waals surface area contributed by atoms with E-state index in [1.54, 1.807) is 0 Å². The van der Waals surface area contributed by atoms with Gasteiger partial charge in [-0.05, 0) is 12.1 Å². The van der Waals surface area contributed by atoms with Gasteiger partial charge in [-0.2, -0.15) is 4.39 Å². The second kappa shape index (κ2) is 5.83. The molecule has 1 unspecified atom stereocenters. The Morgan fingerprint density at radius 1 is 1.60 bits per heavy atom. The van der Waals surface area contributed by atoms with Crippen LogP contribution >= 0.6 is 0 Å². The summed E-state index contributed by atoms with van der Waals surface area (Å²) in [6.45, 7) is 0.705. The quantitative estimate of drug-likeness (QED) is 0.651. The number of likely N-dealkylation sites (N-methyl/N-ethyl adjacent to an activating group) is 1. The topological polar surface area (TPSA) is 84.7 Å². The Balaban J connectivity index is 2.45. The fraction of sp³-hybridized carbons (Fsp3) is 0.417. The number of halogens is 1. The summed E-state index contributed by atoms with van der Waals surface area (Å²) in [6, 6.07) is 3.13. The van der Waals surface area contributed by atoms with Crippen molar-refractivity contribution in [2.75, 3.05) is 31.7 Å². The van der Waals surface area contributed by atoms with Crippen LogP contribution in [0.3, 0.4) is 0 Å². The standard InChI is InChI=1S/C12H14FN3O4/c1-14-12(17)10-7-20-6-5-15(10)9-4-2-3-8(13)11(9)16(18)19/h2-4,10H,5-7H2,1H3,(H,14,17). The Morgan fingerprint density at radius 2 is 2.35 bits per heavy atom. The first-order valence-electron chi connectivity index (χ1n) is 6.05. The summed E-state index contributed by atoms with van der Waals surface area (Å²) in [6.07, 6.45) is 0. The van der Waals surface area contributed by atoms with Gasteiger partial charge >= 0.3 is 5.69 Å². The summed E-state index contributed by atoms with van der Waals surface area (Å²) < 4.78 is 18.9. The number of nitrogens with zero attached hydrogens (tertiary/aromatic N) is 2. The highest BCUT2D eigenvalue weighted by Gasteiger charge is 2.34. The Hall–Kier alpha value is -2.22. The molecular weight excluding hydrogens is 269 g/mol. The molecule has 1 aliphatic rings. The molecule has 7 nitrogen and oxygen atoms in total. The summed E-state index contributed by atoms with van der Waals surface area (Å²) in [7, 11) is 1.47. The number of nitro groups is 1. The maximum Gasteiger partial charge on any atom is 0.327 e. The Labute approximate surface area is 114 Å². The monoisotopic (exact) mass is 283 g/mol. The number of ether oxygens (including phenoxy) is 1.